The molecule has 2 amide bonds. The summed E-state index contributed by atoms with van der Waals surface area (Å²) in [7, 11) is 1.94. The predicted molar refractivity (Wildman–Crippen MR) is 182 cm³/mol. The molecule has 2 aromatic heterocycles. The van der Waals surface area contributed by atoms with Crippen molar-refractivity contribution in [2.75, 3.05) is 30.0 Å². The van der Waals surface area contributed by atoms with E-state index in [0.717, 1.165) is 42.7 Å². The third-order valence-electron chi connectivity index (χ3n) is 7.42. The van der Waals surface area contributed by atoms with E-state index in [0.29, 0.717) is 60.9 Å². The van der Waals surface area contributed by atoms with Crippen LogP contribution in [0, 0.1) is 0 Å². The number of aliphatic imine (C=N–C) groups is 1. The summed E-state index contributed by atoms with van der Waals surface area (Å²) in [5, 5.41) is 3.37. The maximum atomic E-state index is 13.7. The normalized spacial score (nSPS) is 11.3. The first-order valence-corrected chi connectivity index (χ1v) is 15.6. The molecule has 11 heteroatoms. The van der Waals surface area contributed by atoms with Crippen LogP contribution < -0.4 is 16.0 Å². The van der Waals surface area contributed by atoms with Gasteiger partial charge in [0.1, 0.15) is 17.5 Å². The zero-order valence-corrected chi connectivity index (χ0v) is 26.9. The standard InChI is InChI=1S/C35H43N7O4/c1-5-7-8-11-22-46-35(44)40-33(36)26-13-16-28(17-14-26)38-24-32-39-29-23-27(15-18-30(29)41(32)4)34(43)42(21-19-25(3)45-6-2)31-12-9-10-20-37-31/h9-10,12-18,20,23,38H,3,5-8,11,19,21-22,24H2,1-2,4H3,(H2,36,40,44). The second kappa shape index (κ2) is 16.8. The topological polar surface area (TPSA) is 137 Å². The Bertz CT molecular complexity index is 1650. The lowest BCUT2D eigenvalue weighted by atomic mass is 10.1. The largest absolute Gasteiger partial charge is 0.499 e. The number of ether oxygens (including phenoxy) is 2. The van der Waals surface area contributed by atoms with Crippen LogP contribution in [0.5, 0.6) is 0 Å². The van der Waals surface area contributed by atoms with Crippen LogP contribution in [0.4, 0.5) is 16.3 Å². The molecule has 0 saturated carbocycles. The van der Waals surface area contributed by atoms with Gasteiger partial charge in [0.2, 0.25) is 0 Å². The number of hydrogen-bond donors (Lipinski definition) is 2. The number of aryl methyl sites for hydroxylation is 1. The first-order valence-electron chi connectivity index (χ1n) is 15.6. The van der Waals surface area contributed by atoms with Crippen LogP contribution >= 0.6 is 0 Å². The Morgan fingerprint density at radius 1 is 1.02 bits per heavy atom. The number of fused-ring (bicyclic) bond motifs is 1. The summed E-state index contributed by atoms with van der Waals surface area (Å²) in [5.41, 5.74) is 9.61. The van der Waals surface area contributed by atoms with Crippen molar-refractivity contribution in [3.63, 3.8) is 0 Å². The Balaban J connectivity index is 1.41. The zero-order chi connectivity index (χ0) is 32.9. The number of nitrogens with zero attached hydrogens (tertiary/aromatic N) is 5. The third kappa shape index (κ3) is 9.16. The number of carbonyl (C=O) groups excluding carboxylic acids is 2. The molecular weight excluding hydrogens is 582 g/mol. The number of pyridine rings is 1. The van der Waals surface area contributed by atoms with E-state index in [-0.39, 0.29) is 11.7 Å². The Labute approximate surface area is 270 Å². The van der Waals surface area contributed by atoms with Crippen LogP contribution in [-0.4, -0.2) is 52.1 Å². The van der Waals surface area contributed by atoms with Crippen molar-refractivity contribution in [2.24, 2.45) is 17.8 Å². The van der Waals surface area contributed by atoms with Crippen LogP contribution in [0.1, 0.15) is 67.7 Å². The van der Waals surface area contributed by atoms with Gasteiger partial charge in [-0.25, -0.2) is 14.8 Å². The van der Waals surface area contributed by atoms with E-state index in [2.05, 4.69) is 28.8 Å². The van der Waals surface area contributed by atoms with Crippen molar-refractivity contribution >= 4 is 40.4 Å². The van der Waals surface area contributed by atoms with E-state index in [1.165, 1.54) is 0 Å². The van der Waals surface area contributed by atoms with E-state index in [4.69, 9.17) is 20.2 Å². The summed E-state index contributed by atoms with van der Waals surface area (Å²) >= 11 is 0. The molecule has 3 N–H and O–H groups in total. The molecule has 11 nitrogen and oxygen atoms in total. The molecule has 0 fully saturated rings. The number of rotatable bonds is 16. The minimum Gasteiger partial charge on any atom is -0.499 e. The van der Waals surface area contributed by atoms with Gasteiger partial charge in [-0.1, -0.05) is 38.8 Å². The second-order valence-electron chi connectivity index (χ2n) is 10.8. The lowest BCUT2D eigenvalue weighted by Crippen LogP contribution is -2.33. The highest BCUT2D eigenvalue weighted by Gasteiger charge is 2.20. The molecule has 0 aliphatic carbocycles. The minimum absolute atomic E-state index is 0.103. The molecular formula is C35H43N7O4. The van der Waals surface area contributed by atoms with Gasteiger partial charge in [-0.3, -0.25) is 9.69 Å². The molecule has 0 saturated heterocycles. The molecule has 4 rings (SSSR count). The summed E-state index contributed by atoms with van der Waals surface area (Å²) < 4.78 is 12.6. The van der Waals surface area contributed by atoms with E-state index in [9.17, 15) is 9.59 Å². The Kier molecular flexibility index (Phi) is 12.3. The Morgan fingerprint density at radius 3 is 2.52 bits per heavy atom. The zero-order valence-electron chi connectivity index (χ0n) is 26.9. The molecule has 0 bridgehead atoms. The number of unbranched alkanes of at least 4 members (excludes halogenated alkanes) is 3. The van der Waals surface area contributed by atoms with Crippen LogP contribution in [0.25, 0.3) is 11.0 Å². The Hall–Kier alpha value is -5.19. The fourth-order valence-electron chi connectivity index (χ4n) is 4.87. The van der Waals surface area contributed by atoms with Gasteiger partial charge in [-0.15, -0.1) is 0 Å². The highest BCUT2D eigenvalue weighted by molar-refractivity contribution is 6.07. The lowest BCUT2D eigenvalue weighted by Gasteiger charge is -2.22. The van der Waals surface area contributed by atoms with Crippen molar-refractivity contribution in [1.29, 1.82) is 0 Å². The molecule has 242 valence electrons. The lowest BCUT2D eigenvalue weighted by molar-refractivity contribution is 0.0985. The molecule has 0 radical (unpaired) electrons. The van der Waals surface area contributed by atoms with Crippen LogP contribution in [0.2, 0.25) is 0 Å². The minimum atomic E-state index is -0.681. The average Bonchev–Trinajstić information content (AvgIpc) is 3.38. The molecule has 0 unspecified atom stereocenters. The van der Waals surface area contributed by atoms with Gasteiger partial charge in [0.15, 0.2) is 0 Å². The molecule has 0 atom stereocenters. The second-order valence-corrected chi connectivity index (χ2v) is 10.8. The average molecular weight is 626 g/mol. The van der Waals surface area contributed by atoms with E-state index >= 15 is 0 Å². The van der Waals surface area contributed by atoms with Crippen molar-refractivity contribution < 1.29 is 19.1 Å². The maximum absolute atomic E-state index is 13.7. The number of carbonyl (C=O) groups is 2. The number of amidine groups is 1. The number of aromatic nitrogens is 3. The van der Waals surface area contributed by atoms with Gasteiger partial charge >= 0.3 is 6.09 Å². The van der Waals surface area contributed by atoms with E-state index in [1.807, 2.05) is 67.1 Å². The van der Waals surface area contributed by atoms with Crippen molar-refractivity contribution in [1.82, 2.24) is 14.5 Å². The van der Waals surface area contributed by atoms with Gasteiger partial charge in [0.05, 0.1) is 36.6 Å². The molecule has 0 aliphatic heterocycles. The Morgan fingerprint density at radius 2 is 1.80 bits per heavy atom. The fraction of sp³-hybridized carbons (Fsp3) is 0.343. The van der Waals surface area contributed by atoms with E-state index in [1.54, 1.807) is 23.2 Å². The van der Waals surface area contributed by atoms with Gasteiger partial charge in [-0.2, -0.15) is 4.99 Å². The fourth-order valence-corrected chi connectivity index (χ4v) is 4.87. The van der Waals surface area contributed by atoms with Gasteiger partial charge in [-0.05, 0) is 67.9 Å². The number of benzene rings is 2. The summed E-state index contributed by atoms with van der Waals surface area (Å²) in [4.78, 5) is 40.4. The summed E-state index contributed by atoms with van der Waals surface area (Å²) in [6.07, 6.45) is 5.54. The number of nitrogens with one attached hydrogen (secondary N) is 1. The molecule has 46 heavy (non-hydrogen) atoms. The van der Waals surface area contributed by atoms with E-state index < -0.39 is 6.09 Å². The summed E-state index contributed by atoms with van der Waals surface area (Å²) in [6.45, 7) is 9.66. The number of hydrogen-bond acceptors (Lipinski definition) is 7. The summed E-state index contributed by atoms with van der Waals surface area (Å²) in [6, 6.07) is 18.3. The molecule has 2 aromatic carbocycles. The van der Waals surface area contributed by atoms with Crippen molar-refractivity contribution in [3.8, 4) is 0 Å². The van der Waals surface area contributed by atoms with Gasteiger partial charge < -0.3 is 25.1 Å². The predicted octanol–water partition coefficient (Wildman–Crippen LogP) is 6.59. The number of nitrogens with two attached hydrogens (primary N) is 1. The first-order chi connectivity index (χ1) is 22.3. The number of imidazole rings is 1. The van der Waals surface area contributed by atoms with Crippen molar-refractivity contribution in [3.05, 3.63) is 96.1 Å². The highest BCUT2D eigenvalue weighted by atomic mass is 16.5. The van der Waals surface area contributed by atoms with Crippen LogP contribution in [0.15, 0.2) is 84.2 Å². The number of amides is 2. The highest BCUT2D eigenvalue weighted by Crippen LogP contribution is 2.22. The van der Waals surface area contributed by atoms with Crippen LogP contribution in [0.3, 0.4) is 0 Å². The molecule has 4 aromatic rings. The smallest absolute Gasteiger partial charge is 0.435 e. The van der Waals surface area contributed by atoms with Gasteiger partial charge in [0, 0.05) is 43.0 Å². The number of anilines is 2. The molecule has 0 aliphatic rings. The van der Waals surface area contributed by atoms with Crippen molar-refractivity contribution in [2.45, 2.75) is 52.5 Å². The molecule has 0 spiro atoms. The summed E-state index contributed by atoms with van der Waals surface area (Å²) in [5.74, 6) is 1.89. The van der Waals surface area contributed by atoms with Crippen LogP contribution in [-0.2, 0) is 23.1 Å². The quantitative estimate of drug-likeness (QED) is 0.0616. The van der Waals surface area contributed by atoms with Gasteiger partial charge in [0.25, 0.3) is 5.91 Å². The monoisotopic (exact) mass is 625 g/mol. The SMILES string of the molecule is C=C(CCN(C(=O)c1ccc2c(c1)nc(CNc1ccc(/C(N)=N\C(=O)OCCCCCC)cc1)n2C)c1ccccn1)OCC. The third-order valence-corrected chi connectivity index (χ3v) is 7.42. The first kappa shape index (κ1) is 33.7. The maximum Gasteiger partial charge on any atom is 0.435 e. The molecule has 2 heterocycles.